The van der Waals surface area contributed by atoms with Gasteiger partial charge >= 0.3 is 0 Å². The second-order valence-corrected chi connectivity index (χ2v) is 6.42. The lowest BCUT2D eigenvalue weighted by molar-refractivity contribution is -0.0824. The first-order chi connectivity index (χ1) is 10.5. The van der Waals surface area contributed by atoms with E-state index >= 15 is 0 Å². The fourth-order valence-electron chi connectivity index (χ4n) is 3.94. The highest BCUT2D eigenvalue weighted by atomic mass is 19.1. The molecule has 0 aromatic heterocycles. The minimum absolute atomic E-state index is 0.101. The van der Waals surface area contributed by atoms with Crippen molar-refractivity contribution in [3.05, 3.63) is 35.1 Å². The summed E-state index contributed by atoms with van der Waals surface area (Å²) < 4.78 is 19.0. The van der Waals surface area contributed by atoms with Gasteiger partial charge in [-0.25, -0.2) is 4.39 Å². The normalized spacial score (nSPS) is 31.2. The maximum atomic E-state index is 13.2. The molecule has 1 amide bonds. The molecule has 0 spiro atoms. The Morgan fingerprint density at radius 2 is 2.23 bits per heavy atom. The van der Waals surface area contributed by atoms with Crippen molar-refractivity contribution in [2.45, 2.75) is 50.4 Å². The number of halogens is 1. The Morgan fingerprint density at radius 3 is 2.91 bits per heavy atom. The molecular weight excluding hydrogens is 285 g/mol. The average molecular weight is 307 g/mol. The molecule has 1 aromatic carbocycles. The number of benzene rings is 1. The Bertz CT molecular complexity index is 591. The zero-order chi connectivity index (χ0) is 15.9. The second-order valence-electron chi connectivity index (χ2n) is 6.42. The molecule has 3 rings (SSSR count). The van der Waals surface area contributed by atoms with Gasteiger partial charge in [0.2, 0.25) is 0 Å². The first kappa shape index (κ1) is 15.4. The number of rotatable bonds is 2. The topological polar surface area (TPSA) is 49.8 Å². The van der Waals surface area contributed by atoms with Gasteiger partial charge < -0.3 is 14.7 Å². The molecule has 0 radical (unpaired) electrons. The predicted octanol–water partition coefficient (Wildman–Crippen LogP) is 2.28. The number of ether oxygens (including phenoxy) is 1. The van der Waals surface area contributed by atoms with E-state index in [1.54, 1.807) is 25.0 Å². The van der Waals surface area contributed by atoms with Crippen LogP contribution in [-0.2, 0) is 4.74 Å². The zero-order valence-electron chi connectivity index (χ0n) is 13.0. The van der Waals surface area contributed by atoms with E-state index in [4.69, 9.17) is 4.74 Å². The molecule has 5 heteroatoms. The highest BCUT2D eigenvalue weighted by Gasteiger charge is 2.52. The van der Waals surface area contributed by atoms with Crippen molar-refractivity contribution in [1.29, 1.82) is 0 Å². The number of carbonyl (C=O) groups is 1. The monoisotopic (exact) mass is 307 g/mol. The van der Waals surface area contributed by atoms with Crippen LogP contribution < -0.4 is 0 Å². The van der Waals surface area contributed by atoms with Crippen LogP contribution in [-0.4, -0.2) is 47.3 Å². The van der Waals surface area contributed by atoms with Gasteiger partial charge in [0.25, 0.3) is 5.91 Å². The number of aliphatic hydroxyl groups excluding tert-OH is 1. The molecule has 1 aromatic rings. The predicted molar refractivity (Wildman–Crippen MR) is 80.2 cm³/mol. The number of likely N-dealkylation sites (tertiary alicyclic amines) is 1. The van der Waals surface area contributed by atoms with Crippen molar-refractivity contribution in [3.8, 4) is 0 Å². The van der Waals surface area contributed by atoms with Gasteiger partial charge in [-0.1, -0.05) is 0 Å². The number of aliphatic hydroxyl groups is 1. The summed E-state index contributed by atoms with van der Waals surface area (Å²) in [5.41, 5.74) is 0.813. The molecule has 4 nitrogen and oxygen atoms in total. The molecule has 3 atom stereocenters. The number of hydrogen-bond acceptors (Lipinski definition) is 3. The van der Waals surface area contributed by atoms with Crippen LogP contribution in [0.4, 0.5) is 4.39 Å². The van der Waals surface area contributed by atoms with Crippen LogP contribution in [0, 0.1) is 12.7 Å². The number of nitrogens with zero attached hydrogens (tertiary/aromatic N) is 1. The Kier molecular flexibility index (Phi) is 3.95. The molecule has 120 valence electrons. The van der Waals surface area contributed by atoms with Crippen LogP contribution in [0.15, 0.2) is 18.2 Å². The molecule has 2 fully saturated rings. The van der Waals surface area contributed by atoms with Gasteiger partial charge in [-0.3, -0.25) is 4.79 Å². The van der Waals surface area contributed by atoms with Gasteiger partial charge in [0, 0.05) is 19.2 Å². The van der Waals surface area contributed by atoms with E-state index < -0.39 is 6.10 Å². The van der Waals surface area contributed by atoms with Crippen molar-refractivity contribution in [3.63, 3.8) is 0 Å². The largest absolute Gasteiger partial charge is 0.393 e. The van der Waals surface area contributed by atoms with Gasteiger partial charge in [-0.15, -0.1) is 0 Å². The highest BCUT2D eigenvalue weighted by Crippen LogP contribution is 2.43. The average Bonchev–Trinajstić information content (AvgIpc) is 2.86. The highest BCUT2D eigenvalue weighted by molar-refractivity contribution is 5.96. The van der Waals surface area contributed by atoms with Crippen LogP contribution in [0.3, 0.4) is 0 Å². The van der Waals surface area contributed by atoms with Gasteiger partial charge in [-0.05, 0) is 56.4 Å². The maximum Gasteiger partial charge on any atom is 0.254 e. The molecule has 1 heterocycles. The smallest absolute Gasteiger partial charge is 0.254 e. The molecule has 1 aliphatic carbocycles. The third-order valence-electron chi connectivity index (χ3n) is 5.24. The number of fused-ring (bicyclic) bond motifs is 1. The fourth-order valence-corrected chi connectivity index (χ4v) is 3.94. The van der Waals surface area contributed by atoms with Crippen molar-refractivity contribution in [2.24, 2.45) is 0 Å². The first-order valence-corrected chi connectivity index (χ1v) is 7.77. The third kappa shape index (κ3) is 2.42. The van der Waals surface area contributed by atoms with E-state index in [0.29, 0.717) is 30.5 Å². The SMILES string of the molecule is CO[C@@]12CC[C@@H](O)C[C@@H]1N(C(=O)c1ccc(F)cc1C)CC2. The minimum atomic E-state index is -0.393. The van der Waals surface area contributed by atoms with Gasteiger partial charge in [0.1, 0.15) is 5.82 Å². The van der Waals surface area contributed by atoms with Crippen molar-refractivity contribution in [1.82, 2.24) is 4.90 Å². The summed E-state index contributed by atoms with van der Waals surface area (Å²) in [6.45, 7) is 2.35. The number of carbonyl (C=O) groups excluding carboxylic acids is 1. The van der Waals surface area contributed by atoms with E-state index in [0.717, 1.165) is 12.8 Å². The molecule has 1 N–H and O–H groups in total. The number of methoxy groups -OCH3 is 1. The molecule has 2 aliphatic rings. The van der Waals surface area contributed by atoms with Crippen molar-refractivity contribution < 1.29 is 19.0 Å². The Balaban J connectivity index is 1.89. The van der Waals surface area contributed by atoms with Crippen LogP contribution >= 0.6 is 0 Å². The van der Waals surface area contributed by atoms with Crippen molar-refractivity contribution >= 4 is 5.91 Å². The Labute approximate surface area is 129 Å². The molecule has 0 unspecified atom stereocenters. The van der Waals surface area contributed by atoms with Gasteiger partial charge in [0.15, 0.2) is 0 Å². The summed E-state index contributed by atoms with van der Waals surface area (Å²) >= 11 is 0. The maximum absolute atomic E-state index is 13.2. The Morgan fingerprint density at radius 1 is 1.45 bits per heavy atom. The summed E-state index contributed by atoms with van der Waals surface area (Å²) in [7, 11) is 1.68. The summed E-state index contributed by atoms with van der Waals surface area (Å²) in [4.78, 5) is 14.7. The molecule has 22 heavy (non-hydrogen) atoms. The van der Waals surface area contributed by atoms with Gasteiger partial charge in [-0.2, -0.15) is 0 Å². The summed E-state index contributed by atoms with van der Waals surface area (Å²) in [5.74, 6) is -0.440. The van der Waals surface area contributed by atoms with Crippen LogP contribution in [0.2, 0.25) is 0 Å². The van der Waals surface area contributed by atoms with E-state index in [1.165, 1.54) is 12.1 Å². The van der Waals surface area contributed by atoms with E-state index in [1.807, 2.05) is 0 Å². The second kappa shape index (κ2) is 5.63. The quantitative estimate of drug-likeness (QED) is 0.912. The van der Waals surface area contributed by atoms with E-state index in [2.05, 4.69) is 0 Å². The van der Waals surface area contributed by atoms with Gasteiger partial charge in [0.05, 0.1) is 17.7 Å². The molecule has 1 saturated carbocycles. The summed E-state index contributed by atoms with van der Waals surface area (Å²) in [6, 6.07) is 4.12. The van der Waals surface area contributed by atoms with E-state index in [9.17, 15) is 14.3 Å². The van der Waals surface area contributed by atoms with Crippen molar-refractivity contribution in [2.75, 3.05) is 13.7 Å². The minimum Gasteiger partial charge on any atom is -0.393 e. The van der Waals surface area contributed by atoms with Crippen LogP contribution in [0.5, 0.6) is 0 Å². The zero-order valence-corrected chi connectivity index (χ0v) is 13.0. The first-order valence-electron chi connectivity index (χ1n) is 7.77. The summed E-state index contributed by atoms with van der Waals surface area (Å²) in [6.07, 6.45) is 2.41. The molecular formula is C17H22FNO3. The third-order valence-corrected chi connectivity index (χ3v) is 5.24. The number of aryl methyl sites for hydroxylation is 1. The molecule has 1 aliphatic heterocycles. The standard InChI is InChI=1S/C17H22FNO3/c1-11-9-12(18)3-4-14(11)16(21)19-8-7-17(22-2)6-5-13(20)10-15(17)19/h3-4,9,13,15,20H,5-8,10H2,1-2H3/t13-,15+,17-/m1/s1. The number of amides is 1. The van der Waals surface area contributed by atoms with Crippen LogP contribution in [0.25, 0.3) is 0 Å². The molecule has 1 saturated heterocycles. The lowest BCUT2D eigenvalue weighted by Gasteiger charge is -2.42. The summed E-state index contributed by atoms with van der Waals surface area (Å²) in [5, 5.41) is 9.98. The lowest BCUT2D eigenvalue weighted by Crippen LogP contribution is -2.52. The molecule has 0 bridgehead atoms. The van der Waals surface area contributed by atoms with Crippen LogP contribution in [0.1, 0.15) is 41.6 Å². The Hall–Kier alpha value is -1.46. The lowest BCUT2D eigenvalue weighted by atomic mass is 9.79. The van der Waals surface area contributed by atoms with E-state index in [-0.39, 0.29) is 23.4 Å². The number of hydrogen-bond donors (Lipinski definition) is 1. The fraction of sp³-hybridized carbons (Fsp3) is 0.588.